The molecule has 136 valence electrons. The zero-order valence-electron chi connectivity index (χ0n) is 14.1. The number of nitrogens with zero attached hydrogens (tertiary/aromatic N) is 1. The van der Waals surface area contributed by atoms with Gasteiger partial charge in [0.2, 0.25) is 0 Å². The number of halogens is 1. The van der Waals surface area contributed by atoms with Crippen molar-refractivity contribution in [3.05, 3.63) is 41.0 Å². The molecule has 1 aliphatic carbocycles. The van der Waals surface area contributed by atoms with Crippen LogP contribution in [0, 0.1) is 0 Å². The summed E-state index contributed by atoms with van der Waals surface area (Å²) in [6, 6.07) is 7.29. The zero-order valence-corrected chi connectivity index (χ0v) is 15.7. The number of phenolic OH excluding ortho intramolecular Hbond substituents is 3. The third kappa shape index (κ3) is 2.99. The van der Waals surface area contributed by atoms with E-state index in [0.29, 0.717) is 5.56 Å². The highest BCUT2D eigenvalue weighted by molar-refractivity contribution is 5.83. The van der Waals surface area contributed by atoms with Crippen LogP contribution in [0.4, 0.5) is 0 Å². The van der Waals surface area contributed by atoms with Crippen LogP contribution >= 0.6 is 0 Å². The van der Waals surface area contributed by atoms with Gasteiger partial charge in [0.15, 0.2) is 11.5 Å². The fourth-order valence-electron chi connectivity index (χ4n) is 4.19. The van der Waals surface area contributed by atoms with Crippen LogP contribution in [0.2, 0.25) is 0 Å². The first-order valence-corrected chi connectivity index (χ1v) is 8.24. The van der Waals surface area contributed by atoms with E-state index in [1.807, 2.05) is 12.1 Å². The van der Waals surface area contributed by atoms with E-state index in [0.717, 1.165) is 49.0 Å². The molecule has 1 aliphatic heterocycles. The first-order valence-electron chi connectivity index (χ1n) is 8.24. The molecule has 0 radical (unpaired) electrons. The summed E-state index contributed by atoms with van der Waals surface area (Å²) in [7, 11) is 0. The number of fused-ring (bicyclic) bond motifs is 2. The van der Waals surface area contributed by atoms with Crippen molar-refractivity contribution in [2.75, 3.05) is 13.1 Å². The van der Waals surface area contributed by atoms with Gasteiger partial charge in [0.1, 0.15) is 5.75 Å². The van der Waals surface area contributed by atoms with Crippen molar-refractivity contribution in [3.8, 4) is 28.4 Å². The van der Waals surface area contributed by atoms with E-state index in [4.69, 9.17) is 0 Å². The third-order valence-electron chi connectivity index (χ3n) is 5.13. The van der Waals surface area contributed by atoms with Gasteiger partial charge in [-0.05, 0) is 66.3 Å². The number of phenols is 3. The second-order valence-electron chi connectivity index (χ2n) is 6.54. The van der Waals surface area contributed by atoms with Crippen molar-refractivity contribution in [1.82, 2.24) is 4.90 Å². The molecule has 5 nitrogen and oxygen atoms in total. The van der Waals surface area contributed by atoms with Crippen molar-refractivity contribution in [2.24, 2.45) is 0 Å². The van der Waals surface area contributed by atoms with E-state index in [2.05, 4.69) is 11.8 Å². The molecule has 1 atom stereocenters. The van der Waals surface area contributed by atoms with Crippen LogP contribution in [0.3, 0.4) is 0 Å². The summed E-state index contributed by atoms with van der Waals surface area (Å²) in [5, 5.41) is 30.4. The molecular weight excluding hydrogens is 386 g/mol. The Morgan fingerprint density at radius 3 is 2.60 bits per heavy atom. The van der Waals surface area contributed by atoms with Crippen LogP contribution in [-0.4, -0.2) is 38.8 Å². The number of hydrogen-bond donors (Lipinski definition) is 3. The molecule has 1 heterocycles. The number of benzene rings is 2. The van der Waals surface area contributed by atoms with Gasteiger partial charge in [0, 0.05) is 18.2 Å². The highest BCUT2D eigenvalue weighted by atomic mass is 79.9. The molecule has 0 bridgehead atoms. The summed E-state index contributed by atoms with van der Waals surface area (Å²) >= 11 is 0. The Morgan fingerprint density at radius 2 is 1.88 bits per heavy atom. The summed E-state index contributed by atoms with van der Waals surface area (Å²) in [6.45, 7) is 4.23. The molecule has 6 heteroatoms. The molecule has 0 saturated carbocycles. The summed E-state index contributed by atoms with van der Waals surface area (Å²) in [5.41, 5.74) is 4.92. The second-order valence-corrected chi connectivity index (χ2v) is 6.54. The average molecular weight is 409 g/mol. The van der Waals surface area contributed by atoms with E-state index >= 15 is 0 Å². The quantitative estimate of drug-likeness (QED) is 0.584. The Kier molecular flexibility index (Phi) is 5.66. The summed E-state index contributed by atoms with van der Waals surface area (Å²) in [4.78, 5) is 2.50. The molecule has 4 rings (SSSR count). The van der Waals surface area contributed by atoms with E-state index in [-0.39, 0.29) is 45.7 Å². The molecule has 25 heavy (non-hydrogen) atoms. The van der Waals surface area contributed by atoms with Crippen LogP contribution in [-0.2, 0) is 12.8 Å². The molecule has 0 aromatic heterocycles. The summed E-state index contributed by atoms with van der Waals surface area (Å²) in [6.07, 6.45) is 2.84. The smallest absolute Gasteiger partial charge is 0.165 e. The first kappa shape index (κ1) is 19.6. The van der Waals surface area contributed by atoms with Crippen LogP contribution in [0.25, 0.3) is 11.1 Å². The Labute approximate surface area is 157 Å². The topological polar surface area (TPSA) is 95.4 Å². The van der Waals surface area contributed by atoms with Crippen LogP contribution in [0.15, 0.2) is 24.3 Å². The maximum Gasteiger partial charge on any atom is 0.165 e. The predicted molar refractivity (Wildman–Crippen MR) is 92.5 cm³/mol. The SMILES string of the molecule is CCCN1CCc2cc(O)cc3c2[C@H]1Cc1ccc(O)c(O)c1-3.O.[Br-]. The molecule has 0 unspecified atom stereocenters. The summed E-state index contributed by atoms with van der Waals surface area (Å²) in [5.74, 6) is 0.0268. The lowest BCUT2D eigenvalue weighted by Gasteiger charge is -2.41. The van der Waals surface area contributed by atoms with Crippen molar-refractivity contribution < 1.29 is 37.8 Å². The van der Waals surface area contributed by atoms with Gasteiger partial charge in [-0.2, -0.15) is 0 Å². The number of rotatable bonds is 2. The van der Waals surface area contributed by atoms with Gasteiger partial charge in [0.25, 0.3) is 0 Å². The first-order chi connectivity index (χ1) is 11.1. The van der Waals surface area contributed by atoms with Crippen molar-refractivity contribution in [1.29, 1.82) is 0 Å². The molecule has 0 fully saturated rings. The van der Waals surface area contributed by atoms with Gasteiger partial charge in [-0.3, -0.25) is 4.90 Å². The lowest BCUT2D eigenvalue weighted by atomic mass is 9.76. The van der Waals surface area contributed by atoms with E-state index in [1.165, 1.54) is 5.56 Å². The zero-order chi connectivity index (χ0) is 16.1. The lowest BCUT2D eigenvalue weighted by molar-refractivity contribution is -0.00000871. The van der Waals surface area contributed by atoms with Crippen molar-refractivity contribution in [3.63, 3.8) is 0 Å². The Morgan fingerprint density at radius 1 is 1.12 bits per heavy atom. The monoisotopic (exact) mass is 408 g/mol. The van der Waals surface area contributed by atoms with E-state index in [9.17, 15) is 15.3 Å². The normalized spacial score (nSPS) is 17.7. The molecule has 2 aromatic carbocycles. The Balaban J connectivity index is 0.00000113. The average Bonchev–Trinajstić information content (AvgIpc) is 2.53. The maximum atomic E-state index is 10.4. The fourth-order valence-corrected chi connectivity index (χ4v) is 4.19. The molecule has 2 aliphatic rings. The lowest BCUT2D eigenvalue weighted by Crippen LogP contribution is -3.00. The summed E-state index contributed by atoms with van der Waals surface area (Å²) < 4.78 is 0. The fraction of sp³-hybridized carbons (Fsp3) is 0.368. The van der Waals surface area contributed by atoms with Crippen molar-refractivity contribution >= 4 is 0 Å². The van der Waals surface area contributed by atoms with Gasteiger partial charge >= 0.3 is 0 Å². The molecule has 2 aromatic rings. The minimum atomic E-state index is -0.111. The van der Waals surface area contributed by atoms with Crippen molar-refractivity contribution in [2.45, 2.75) is 32.2 Å². The van der Waals surface area contributed by atoms with E-state index in [1.54, 1.807) is 12.1 Å². The third-order valence-corrected chi connectivity index (χ3v) is 5.13. The van der Waals surface area contributed by atoms with Crippen LogP contribution in [0.5, 0.6) is 17.2 Å². The van der Waals surface area contributed by atoms with Crippen LogP contribution < -0.4 is 17.0 Å². The van der Waals surface area contributed by atoms with Gasteiger partial charge in [-0.25, -0.2) is 0 Å². The highest BCUT2D eigenvalue weighted by Crippen LogP contribution is 2.51. The van der Waals surface area contributed by atoms with Gasteiger partial charge in [0.05, 0.1) is 0 Å². The number of aromatic hydroxyl groups is 3. The molecule has 0 amide bonds. The minimum absolute atomic E-state index is 0. The highest BCUT2D eigenvalue weighted by Gasteiger charge is 2.35. The maximum absolute atomic E-state index is 10.4. The van der Waals surface area contributed by atoms with Gasteiger partial charge < -0.3 is 37.8 Å². The second kappa shape index (κ2) is 7.23. The predicted octanol–water partition coefficient (Wildman–Crippen LogP) is -0.485. The minimum Gasteiger partial charge on any atom is -1.00 e. The Hall–Kier alpha value is -1.76. The molecule has 5 N–H and O–H groups in total. The van der Waals surface area contributed by atoms with Gasteiger partial charge in [-0.1, -0.05) is 13.0 Å². The number of hydrogen-bond acceptors (Lipinski definition) is 4. The molecular formula is C19H23BrNO4-. The van der Waals surface area contributed by atoms with Crippen LogP contribution in [0.1, 0.15) is 36.1 Å². The molecule has 0 spiro atoms. The molecule has 0 saturated heterocycles. The van der Waals surface area contributed by atoms with E-state index < -0.39 is 0 Å². The Bertz CT molecular complexity index is 793. The van der Waals surface area contributed by atoms with Gasteiger partial charge in [-0.15, -0.1) is 0 Å². The standard InChI is InChI=1S/C19H21NO3.BrH.H2O/c1-2-6-20-7-5-12-8-13(21)10-14-17(12)15(20)9-11-3-4-16(22)19(23)18(11)14;;/h3-4,8,10,15,21-23H,2,5-7,9H2,1H3;1H;1H2/p-1/t15-;;/m1../s1. The largest absolute Gasteiger partial charge is 1.00 e.